The number of carbonyl (C=O) groups is 1. The summed E-state index contributed by atoms with van der Waals surface area (Å²) in [5.74, 6) is 0.489. The third-order valence-corrected chi connectivity index (χ3v) is 5.97. The molecule has 30 heavy (non-hydrogen) atoms. The van der Waals surface area contributed by atoms with E-state index in [0.29, 0.717) is 32.6 Å². The molecule has 1 fully saturated rings. The molecule has 1 aliphatic rings. The van der Waals surface area contributed by atoms with Crippen LogP contribution in [0.25, 0.3) is 0 Å². The van der Waals surface area contributed by atoms with Crippen LogP contribution in [0, 0.1) is 5.82 Å². The highest BCUT2D eigenvalue weighted by Crippen LogP contribution is 2.21. The van der Waals surface area contributed by atoms with Crippen LogP contribution in [0.3, 0.4) is 0 Å². The SMILES string of the molecule is CCc1cccc(NC(=O)N2CCN(c3nc(Cc4ccc(F)cc4)ns3)CC2)c1. The van der Waals surface area contributed by atoms with Crippen molar-refractivity contribution in [2.75, 3.05) is 36.4 Å². The van der Waals surface area contributed by atoms with Gasteiger partial charge in [-0.1, -0.05) is 31.2 Å². The number of halogens is 1. The lowest BCUT2D eigenvalue weighted by molar-refractivity contribution is 0.208. The molecule has 1 aliphatic heterocycles. The molecule has 4 rings (SSSR count). The van der Waals surface area contributed by atoms with Gasteiger partial charge in [-0.05, 0) is 41.8 Å². The molecule has 1 aromatic heterocycles. The Labute approximate surface area is 179 Å². The Balaban J connectivity index is 1.30. The molecule has 2 amide bonds. The number of nitrogens with one attached hydrogen (secondary N) is 1. The Morgan fingerprint density at radius 1 is 1.10 bits per heavy atom. The number of hydrogen-bond donors (Lipinski definition) is 1. The summed E-state index contributed by atoms with van der Waals surface area (Å²) in [5, 5.41) is 3.86. The predicted octanol–water partition coefficient (Wildman–Crippen LogP) is 4.18. The second-order valence-electron chi connectivity index (χ2n) is 7.25. The Kier molecular flexibility index (Phi) is 6.23. The first kappa shape index (κ1) is 20.3. The fourth-order valence-corrected chi connectivity index (χ4v) is 4.14. The van der Waals surface area contributed by atoms with Gasteiger partial charge >= 0.3 is 6.03 Å². The molecular formula is C22H24FN5OS. The summed E-state index contributed by atoms with van der Waals surface area (Å²) in [7, 11) is 0. The number of benzene rings is 2. The molecule has 0 atom stereocenters. The molecule has 2 aromatic carbocycles. The second kappa shape index (κ2) is 9.21. The van der Waals surface area contributed by atoms with Gasteiger partial charge in [0.25, 0.3) is 0 Å². The minimum atomic E-state index is -0.245. The van der Waals surface area contributed by atoms with Crippen LogP contribution in [0.4, 0.5) is 20.0 Å². The smallest absolute Gasteiger partial charge is 0.321 e. The maximum Gasteiger partial charge on any atom is 0.321 e. The number of aromatic nitrogens is 2. The first-order chi connectivity index (χ1) is 14.6. The molecule has 0 bridgehead atoms. The maximum atomic E-state index is 13.0. The van der Waals surface area contributed by atoms with Gasteiger partial charge < -0.3 is 15.1 Å². The van der Waals surface area contributed by atoms with Crippen molar-refractivity contribution in [3.63, 3.8) is 0 Å². The number of aryl methyl sites for hydroxylation is 1. The molecular weight excluding hydrogens is 401 g/mol. The van der Waals surface area contributed by atoms with Gasteiger partial charge in [0.2, 0.25) is 5.13 Å². The zero-order valence-corrected chi connectivity index (χ0v) is 17.7. The summed E-state index contributed by atoms with van der Waals surface area (Å²) >= 11 is 1.37. The Morgan fingerprint density at radius 2 is 1.87 bits per heavy atom. The summed E-state index contributed by atoms with van der Waals surface area (Å²) < 4.78 is 17.5. The number of rotatable bonds is 5. The number of amides is 2. The van der Waals surface area contributed by atoms with E-state index in [9.17, 15) is 9.18 Å². The van der Waals surface area contributed by atoms with E-state index in [1.165, 1.54) is 29.2 Å². The summed E-state index contributed by atoms with van der Waals surface area (Å²) in [4.78, 5) is 21.2. The standard InChI is InChI=1S/C22H24FN5OS/c1-2-16-4-3-5-19(14-16)24-21(29)27-10-12-28(13-11-27)22-25-20(26-30-22)15-17-6-8-18(23)9-7-17/h3-9,14H,2,10-13,15H2,1H3,(H,24,29). The third kappa shape index (κ3) is 4.94. The summed E-state index contributed by atoms with van der Waals surface area (Å²) in [5.41, 5.74) is 3.01. The van der Waals surface area contributed by atoms with Crippen LogP contribution in [0.1, 0.15) is 23.9 Å². The highest BCUT2D eigenvalue weighted by molar-refractivity contribution is 7.09. The van der Waals surface area contributed by atoms with Crippen LogP contribution in [0.5, 0.6) is 0 Å². The second-order valence-corrected chi connectivity index (χ2v) is 7.98. The van der Waals surface area contributed by atoms with Gasteiger partial charge in [0.1, 0.15) is 11.6 Å². The number of nitrogens with zero attached hydrogens (tertiary/aromatic N) is 4. The van der Waals surface area contributed by atoms with E-state index in [4.69, 9.17) is 0 Å². The molecule has 0 spiro atoms. The van der Waals surface area contributed by atoms with Crippen molar-refractivity contribution in [1.82, 2.24) is 14.3 Å². The maximum absolute atomic E-state index is 13.0. The quantitative estimate of drug-likeness (QED) is 0.666. The highest BCUT2D eigenvalue weighted by Gasteiger charge is 2.23. The largest absolute Gasteiger partial charge is 0.343 e. The van der Waals surface area contributed by atoms with E-state index in [1.807, 2.05) is 23.1 Å². The van der Waals surface area contributed by atoms with E-state index >= 15 is 0 Å². The molecule has 8 heteroatoms. The lowest BCUT2D eigenvalue weighted by atomic mass is 10.1. The predicted molar refractivity (Wildman–Crippen MR) is 118 cm³/mol. The fraction of sp³-hybridized carbons (Fsp3) is 0.318. The average molecular weight is 426 g/mol. The van der Waals surface area contributed by atoms with Crippen LogP contribution in [0.2, 0.25) is 0 Å². The van der Waals surface area contributed by atoms with Crippen molar-refractivity contribution >= 4 is 28.4 Å². The lowest BCUT2D eigenvalue weighted by Gasteiger charge is -2.34. The molecule has 0 saturated carbocycles. The summed E-state index contributed by atoms with van der Waals surface area (Å²) in [6, 6.07) is 14.3. The highest BCUT2D eigenvalue weighted by atomic mass is 32.1. The molecule has 2 heterocycles. The number of urea groups is 1. The Hall–Kier alpha value is -3.00. The summed E-state index contributed by atoms with van der Waals surface area (Å²) in [6.07, 6.45) is 1.52. The molecule has 1 saturated heterocycles. The lowest BCUT2D eigenvalue weighted by Crippen LogP contribution is -2.50. The van der Waals surface area contributed by atoms with Gasteiger partial charge in [-0.15, -0.1) is 0 Å². The zero-order valence-electron chi connectivity index (χ0n) is 16.8. The van der Waals surface area contributed by atoms with Crippen molar-refractivity contribution in [3.8, 4) is 0 Å². The minimum Gasteiger partial charge on any atom is -0.343 e. The topological polar surface area (TPSA) is 61.4 Å². The molecule has 0 aliphatic carbocycles. The fourth-order valence-electron chi connectivity index (χ4n) is 3.40. The van der Waals surface area contributed by atoms with Crippen molar-refractivity contribution < 1.29 is 9.18 Å². The molecule has 0 radical (unpaired) electrons. The van der Waals surface area contributed by atoms with Crippen molar-refractivity contribution in [1.29, 1.82) is 0 Å². The third-order valence-electron chi connectivity index (χ3n) is 5.16. The van der Waals surface area contributed by atoms with E-state index < -0.39 is 0 Å². The number of carbonyl (C=O) groups excluding carboxylic acids is 1. The van der Waals surface area contributed by atoms with Crippen LogP contribution in [0.15, 0.2) is 48.5 Å². The van der Waals surface area contributed by atoms with Crippen molar-refractivity contribution in [3.05, 3.63) is 71.3 Å². The van der Waals surface area contributed by atoms with E-state index in [2.05, 4.69) is 32.6 Å². The molecule has 0 unspecified atom stereocenters. The van der Waals surface area contributed by atoms with E-state index in [-0.39, 0.29) is 11.8 Å². The van der Waals surface area contributed by atoms with Crippen LogP contribution < -0.4 is 10.2 Å². The van der Waals surface area contributed by atoms with Gasteiger partial charge in [0.05, 0.1) is 0 Å². The average Bonchev–Trinajstić information content (AvgIpc) is 3.24. The number of hydrogen-bond acceptors (Lipinski definition) is 5. The summed E-state index contributed by atoms with van der Waals surface area (Å²) in [6.45, 7) is 4.79. The Morgan fingerprint density at radius 3 is 2.60 bits per heavy atom. The monoisotopic (exact) mass is 425 g/mol. The van der Waals surface area contributed by atoms with Crippen LogP contribution >= 0.6 is 11.5 Å². The van der Waals surface area contributed by atoms with Crippen molar-refractivity contribution in [2.45, 2.75) is 19.8 Å². The van der Waals surface area contributed by atoms with Gasteiger partial charge in [0.15, 0.2) is 0 Å². The van der Waals surface area contributed by atoms with Crippen LogP contribution in [-0.2, 0) is 12.8 Å². The Bertz CT molecular complexity index is 999. The molecule has 3 aromatic rings. The van der Waals surface area contributed by atoms with Gasteiger partial charge in [-0.3, -0.25) is 0 Å². The van der Waals surface area contributed by atoms with Crippen molar-refractivity contribution in [2.24, 2.45) is 0 Å². The molecule has 156 valence electrons. The van der Waals surface area contributed by atoms with E-state index in [1.54, 1.807) is 12.1 Å². The zero-order chi connectivity index (χ0) is 20.9. The van der Waals surface area contributed by atoms with Gasteiger partial charge in [0, 0.05) is 49.8 Å². The molecule has 1 N–H and O–H groups in total. The first-order valence-electron chi connectivity index (χ1n) is 10.1. The minimum absolute atomic E-state index is 0.0721. The van der Waals surface area contributed by atoms with Gasteiger partial charge in [-0.2, -0.15) is 4.37 Å². The number of piperazine rings is 1. The van der Waals surface area contributed by atoms with E-state index in [0.717, 1.165) is 28.6 Å². The molecule has 6 nitrogen and oxygen atoms in total. The van der Waals surface area contributed by atoms with Crippen LogP contribution in [-0.4, -0.2) is 46.5 Å². The first-order valence-corrected chi connectivity index (χ1v) is 10.8. The number of anilines is 2. The van der Waals surface area contributed by atoms with Gasteiger partial charge in [-0.25, -0.2) is 14.2 Å². The normalized spacial score (nSPS) is 14.1.